The first-order valence-corrected chi connectivity index (χ1v) is 9.34. The number of aryl methyl sites for hydroxylation is 1. The normalized spacial score (nSPS) is 17.5. The van der Waals surface area contributed by atoms with Crippen molar-refractivity contribution in [3.8, 4) is 17.3 Å². The molecule has 2 aromatic rings. The summed E-state index contributed by atoms with van der Waals surface area (Å²) in [5.41, 5.74) is 7.02. The zero-order valence-corrected chi connectivity index (χ0v) is 14.5. The minimum atomic E-state index is 0.692. The lowest BCUT2D eigenvalue weighted by atomic mass is 10.1. The average Bonchev–Trinajstić information content (AvgIpc) is 2.96. The third kappa shape index (κ3) is 2.53. The highest BCUT2D eigenvalue weighted by Crippen LogP contribution is 2.41. The van der Waals surface area contributed by atoms with Crippen LogP contribution in [-0.4, -0.2) is 9.55 Å². The summed E-state index contributed by atoms with van der Waals surface area (Å²) >= 11 is 1.61. The van der Waals surface area contributed by atoms with Crippen molar-refractivity contribution >= 4 is 16.9 Å². The highest BCUT2D eigenvalue weighted by Gasteiger charge is 2.27. The van der Waals surface area contributed by atoms with E-state index in [1.807, 2.05) is 0 Å². The van der Waals surface area contributed by atoms with Crippen LogP contribution in [0.2, 0.25) is 0 Å². The van der Waals surface area contributed by atoms with Crippen LogP contribution in [0, 0.1) is 25.2 Å². The number of nitrogens with zero attached hydrogens (tertiary/aromatic N) is 3. The molecule has 2 aliphatic rings. The standard InChI is InChI=1S/C19H21N3S/c1-12-9-16(13(2)22(12)15-7-8-15)18-11-23-19(21-18)17(10-20)14-5-3-4-6-14/h9,11,15H,3-8H2,1-2H3. The zero-order chi connectivity index (χ0) is 16.0. The molecule has 0 amide bonds. The summed E-state index contributed by atoms with van der Waals surface area (Å²) in [6.07, 6.45) is 7.14. The van der Waals surface area contributed by atoms with E-state index in [1.165, 1.54) is 48.2 Å². The van der Waals surface area contributed by atoms with Crippen LogP contribution in [0.1, 0.15) is 61.0 Å². The highest BCUT2D eigenvalue weighted by atomic mass is 32.1. The van der Waals surface area contributed by atoms with Crippen LogP contribution in [0.5, 0.6) is 0 Å². The second-order valence-corrected chi connectivity index (χ2v) is 7.58. The molecule has 0 spiro atoms. The van der Waals surface area contributed by atoms with Gasteiger partial charge in [-0.1, -0.05) is 0 Å². The van der Waals surface area contributed by atoms with Gasteiger partial charge in [0.1, 0.15) is 11.1 Å². The SMILES string of the molecule is Cc1cc(-c2csc(C(C#N)=C3CCCC3)n2)c(C)n1C1CC1. The number of rotatable bonds is 3. The van der Waals surface area contributed by atoms with Gasteiger partial charge in [-0.25, -0.2) is 4.98 Å². The maximum absolute atomic E-state index is 9.56. The van der Waals surface area contributed by atoms with Crippen molar-refractivity contribution in [3.05, 3.63) is 33.4 Å². The highest BCUT2D eigenvalue weighted by molar-refractivity contribution is 7.11. The Morgan fingerprint density at radius 3 is 2.70 bits per heavy atom. The van der Waals surface area contributed by atoms with E-state index in [2.05, 4.69) is 35.9 Å². The smallest absolute Gasteiger partial charge is 0.134 e. The van der Waals surface area contributed by atoms with Crippen LogP contribution < -0.4 is 0 Å². The van der Waals surface area contributed by atoms with Crippen molar-refractivity contribution in [3.63, 3.8) is 0 Å². The molecule has 118 valence electrons. The maximum Gasteiger partial charge on any atom is 0.134 e. The van der Waals surface area contributed by atoms with Gasteiger partial charge in [-0.05, 0) is 64.0 Å². The second kappa shape index (κ2) is 5.65. The molecule has 2 heterocycles. The van der Waals surface area contributed by atoms with E-state index in [0.29, 0.717) is 6.04 Å². The van der Waals surface area contributed by atoms with E-state index in [-0.39, 0.29) is 0 Å². The molecule has 2 saturated carbocycles. The van der Waals surface area contributed by atoms with Crippen LogP contribution in [0.15, 0.2) is 17.0 Å². The summed E-state index contributed by atoms with van der Waals surface area (Å²) in [4.78, 5) is 4.82. The van der Waals surface area contributed by atoms with Gasteiger partial charge >= 0.3 is 0 Å². The largest absolute Gasteiger partial charge is 0.345 e. The number of hydrogen-bond donors (Lipinski definition) is 0. The molecule has 0 bridgehead atoms. The average molecular weight is 323 g/mol. The molecule has 0 unspecified atom stereocenters. The van der Waals surface area contributed by atoms with E-state index in [4.69, 9.17) is 4.98 Å². The van der Waals surface area contributed by atoms with Gasteiger partial charge in [0.15, 0.2) is 0 Å². The Kier molecular flexibility index (Phi) is 3.61. The van der Waals surface area contributed by atoms with Crippen molar-refractivity contribution in [1.82, 2.24) is 9.55 Å². The fraction of sp³-hybridized carbons (Fsp3) is 0.474. The zero-order valence-electron chi connectivity index (χ0n) is 13.7. The molecule has 3 nitrogen and oxygen atoms in total. The molecule has 0 aromatic carbocycles. The topological polar surface area (TPSA) is 41.6 Å². The van der Waals surface area contributed by atoms with Crippen LogP contribution >= 0.6 is 11.3 Å². The summed E-state index contributed by atoms with van der Waals surface area (Å²) in [5.74, 6) is 0. The van der Waals surface area contributed by atoms with E-state index >= 15 is 0 Å². The summed E-state index contributed by atoms with van der Waals surface area (Å²) in [7, 11) is 0. The Morgan fingerprint density at radius 2 is 2.04 bits per heavy atom. The van der Waals surface area contributed by atoms with Crippen LogP contribution in [-0.2, 0) is 0 Å². The number of nitriles is 1. The summed E-state index contributed by atoms with van der Waals surface area (Å²) < 4.78 is 2.45. The van der Waals surface area contributed by atoms with Crippen molar-refractivity contribution in [2.75, 3.05) is 0 Å². The third-order valence-electron chi connectivity index (χ3n) is 5.06. The third-order valence-corrected chi connectivity index (χ3v) is 5.92. The molecule has 0 radical (unpaired) electrons. The summed E-state index contributed by atoms with van der Waals surface area (Å²) in [6, 6.07) is 5.35. The minimum Gasteiger partial charge on any atom is -0.345 e. The first kappa shape index (κ1) is 14.7. The number of thiazole rings is 1. The van der Waals surface area contributed by atoms with Gasteiger partial charge in [-0.15, -0.1) is 11.3 Å². The van der Waals surface area contributed by atoms with Crippen LogP contribution in [0.25, 0.3) is 16.8 Å². The van der Waals surface area contributed by atoms with Crippen molar-refractivity contribution < 1.29 is 0 Å². The Bertz CT molecular complexity index is 819. The van der Waals surface area contributed by atoms with Crippen molar-refractivity contribution in [1.29, 1.82) is 5.26 Å². The first-order valence-electron chi connectivity index (χ1n) is 8.46. The van der Waals surface area contributed by atoms with E-state index in [9.17, 15) is 5.26 Å². The van der Waals surface area contributed by atoms with Crippen LogP contribution in [0.3, 0.4) is 0 Å². The molecule has 4 rings (SSSR count). The molecule has 0 aliphatic heterocycles. The fourth-order valence-corrected chi connectivity index (χ4v) is 4.64. The van der Waals surface area contributed by atoms with Gasteiger partial charge in [0.05, 0.1) is 11.3 Å². The lowest BCUT2D eigenvalue weighted by Gasteiger charge is -2.07. The van der Waals surface area contributed by atoms with Gasteiger partial charge in [0, 0.05) is 28.4 Å². The van der Waals surface area contributed by atoms with Crippen LogP contribution in [0.4, 0.5) is 0 Å². The number of hydrogen-bond acceptors (Lipinski definition) is 3. The molecule has 2 aliphatic carbocycles. The van der Waals surface area contributed by atoms with E-state index < -0.39 is 0 Å². The second-order valence-electron chi connectivity index (χ2n) is 6.72. The molecule has 4 heteroatoms. The monoisotopic (exact) mass is 323 g/mol. The summed E-state index contributed by atoms with van der Waals surface area (Å²) in [5, 5.41) is 12.6. The molecular formula is C19H21N3S. The predicted octanol–water partition coefficient (Wildman–Crippen LogP) is 5.41. The Hall–Kier alpha value is -1.86. The molecule has 2 aromatic heterocycles. The predicted molar refractivity (Wildman–Crippen MR) is 94.3 cm³/mol. The van der Waals surface area contributed by atoms with Crippen molar-refractivity contribution in [2.45, 2.75) is 58.4 Å². The van der Waals surface area contributed by atoms with Gasteiger partial charge in [-0.3, -0.25) is 0 Å². The Labute approximate surface area is 141 Å². The lowest BCUT2D eigenvalue weighted by molar-refractivity contribution is 0.700. The van der Waals surface area contributed by atoms with Gasteiger partial charge in [0.2, 0.25) is 0 Å². The fourth-order valence-electron chi connectivity index (χ4n) is 3.77. The number of allylic oxidation sites excluding steroid dienone is 2. The Morgan fingerprint density at radius 1 is 1.30 bits per heavy atom. The molecular weight excluding hydrogens is 302 g/mol. The van der Waals surface area contributed by atoms with Gasteiger partial charge in [-0.2, -0.15) is 5.26 Å². The maximum atomic E-state index is 9.56. The van der Waals surface area contributed by atoms with Gasteiger partial charge in [0.25, 0.3) is 0 Å². The quantitative estimate of drug-likeness (QED) is 0.708. The first-order chi connectivity index (χ1) is 11.2. The molecule has 0 saturated heterocycles. The van der Waals surface area contributed by atoms with E-state index in [0.717, 1.165) is 29.1 Å². The summed E-state index contributed by atoms with van der Waals surface area (Å²) in [6.45, 7) is 4.38. The van der Waals surface area contributed by atoms with Gasteiger partial charge < -0.3 is 4.57 Å². The Balaban J connectivity index is 1.73. The lowest BCUT2D eigenvalue weighted by Crippen LogP contribution is -1.98. The van der Waals surface area contributed by atoms with E-state index in [1.54, 1.807) is 11.3 Å². The number of aromatic nitrogens is 2. The molecule has 2 fully saturated rings. The molecule has 0 N–H and O–H groups in total. The minimum absolute atomic E-state index is 0.692. The molecule has 0 atom stereocenters. The molecule has 23 heavy (non-hydrogen) atoms. The van der Waals surface area contributed by atoms with Crippen molar-refractivity contribution in [2.24, 2.45) is 0 Å².